The first kappa shape index (κ1) is 20.7. The maximum atomic E-state index is 12.5. The van der Waals surface area contributed by atoms with Crippen LogP contribution in [0.3, 0.4) is 0 Å². The summed E-state index contributed by atoms with van der Waals surface area (Å²) in [6.45, 7) is 3.20. The zero-order chi connectivity index (χ0) is 19.0. The average Bonchev–Trinajstić information content (AvgIpc) is 2.54. The van der Waals surface area contributed by atoms with E-state index in [4.69, 9.17) is 25.3 Å². The summed E-state index contributed by atoms with van der Waals surface area (Å²) in [4.78, 5) is 36.5. The highest BCUT2D eigenvalue weighted by molar-refractivity contribution is 6.58. The van der Waals surface area contributed by atoms with Crippen LogP contribution in [-0.4, -0.2) is 48.2 Å². The van der Waals surface area contributed by atoms with Gasteiger partial charge in [-0.15, -0.1) is 0 Å². The van der Waals surface area contributed by atoms with Crippen LogP contribution in [0.15, 0.2) is 24.3 Å². The van der Waals surface area contributed by atoms with Crippen LogP contribution < -0.4 is 11.2 Å². The first-order chi connectivity index (χ1) is 11.8. The molecule has 0 aliphatic heterocycles. The molecule has 0 aliphatic rings. The molecule has 0 bridgehead atoms. The van der Waals surface area contributed by atoms with E-state index in [0.29, 0.717) is 5.56 Å². The van der Waals surface area contributed by atoms with E-state index in [1.54, 1.807) is 13.8 Å². The van der Waals surface area contributed by atoms with Crippen LogP contribution >= 0.6 is 0 Å². The van der Waals surface area contributed by atoms with E-state index in [2.05, 4.69) is 0 Å². The Balaban J connectivity index is 3.28. The van der Waals surface area contributed by atoms with Gasteiger partial charge in [0.15, 0.2) is 5.41 Å². The number of hydrogen-bond donors (Lipinski definition) is 3. The van der Waals surface area contributed by atoms with Gasteiger partial charge in [0.25, 0.3) is 0 Å². The second-order valence-electron chi connectivity index (χ2n) is 5.46. The Hall–Kier alpha value is -2.39. The van der Waals surface area contributed by atoms with Crippen molar-refractivity contribution in [2.45, 2.75) is 26.7 Å². The Kier molecular flexibility index (Phi) is 7.59. The van der Waals surface area contributed by atoms with Crippen molar-refractivity contribution in [2.75, 3.05) is 13.2 Å². The van der Waals surface area contributed by atoms with Gasteiger partial charge in [0, 0.05) is 0 Å². The van der Waals surface area contributed by atoms with Gasteiger partial charge in [-0.25, -0.2) is 0 Å². The van der Waals surface area contributed by atoms with Crippen molar-refractivity contribution in [3.05, 3.63) is 29.8 Å². The Morgan fingerprint density at radius 2 is 1.52 bits per heavy atom. The van der Waals surface area contributed by atoms with Crippen molar-refractivity contribution in [3.63, 3.8) is 0 Å². The molecule has 25 heavy (non-hydrogen) atoms. The Morgan fingerprint density at radius 1 is 1.04 bits per heavy atom. The summed E-state index contributed by atoms with van der Waals surface area (Å²) in [6, 6.07) is 5.91. The molecule has 0 aromatic heterocycles. The smallest absolute Gasteiger partial charge is 0.465 e. The number of esters is 2. The SMILES string of the molecule is CCOC(=O)C(CC(N)=O)(Cc1ccc(B(O)O)cc1)C(=O)OCC. The van der Waals surface area contributed by atoms with Crippen molar-refractivity contribution in [2.24, 2.45) is 11.1 Å². The number of benzene rings is 1. The normalized spacial score (nSPS) is 10.9. The highest BCUT2D eigenvalue weighted by atomic mass is 16.6. The lowest BCUT2D eigenvalue weighted by molar-refractivity contribution is -0.174. The fourth-order valence-corrected chi connectivity index (χ4v) is 2.43. The summed E-state index contributed by atoms with van der Waals surface area (Å²) in [5, 5.41) is 18.3. The number of nitrogens with two attached hydrogens (primary N) is 1. The molecule has 0 spiro atoms. The molecule has 1 aromatic rings. The first-order valence-electron chi connectivity index (χ1n) is 7.84. The molecule has 0 aliphatic carbocycles. The van der Waals surface area contributed by atoms with Gasteiger partial charge in [0.1, 0.15) is 0 Å². The van der Waals surface area contributed by atoms with E-state index in [1.165, 1.54) is 24.3 Å². The van der Waals surface area contributed by atoms with Crippen LogP contribution in [0.5, 0.6) is 0 Å². The van der Waals surface area contributed by atoms with E-state index in [1.807, 2.05) is 0 Å². The zero-order valence-corrected chi connectivity index (χ0v) is 14.2. The molecular formula is C16H22BNO7. The van der Waals surface area contributed by atoms with Gasteiger partial charge in [-0.2, -0.15) is 0 Å². The number of amides is 1. The molecule has 0 radical (unpaired) electrons. The summed E-state index contributed by atoms with van der Waals surface area (Å²) < 4.78 is 9.96. The van der Waals surface area contributed by atoms with Gasteiger partial charge in [-0.05, 0) is 31.3 Å². The number of primary amides is 1. The molecule has 4 N–H and O–H groups in total. The molecule has 0 heterocycles. The molecule has 0 saturated carbocycles. The number of hydrogen-bond acceptors (Lipinski definition) is 7. The Morgan fingerprint density at radius 3 is 1.88 bits per heavy atom. The van der Waals surface area contributed by atoms with Crippen LogP contribution in [0, 0.1) is 5.41 Å². The van der Waals surface area contributed by atoms with Gasteiger partial charge < -0.3 is 25.3 Å². The predicted octanol–water partition coefficient (Wildman–Crippen LogP) is -1.10. The third-order valence-electron chi connectivity index (χ3n) is 3.59. The molecule has 0 atom stereocenters. The fourth-order valence-electron chi connectivity index (χ4n) is 2.43. The van der Waals surface area contributed by atoms with Crippen molar-refractivity contribution in [1.29, 1.82) is 0 Å². The standard InChI is InChI=1S/C16H22BNO7/c1-3-24-14(20)16(10-13(18)19,15(21)25-4-2)9-11-5-7-12(8-6-11)17(22)23/h5-8,22-23H,3-4,9-10H2,1-2H3,(H2,18,19). The number of carbonyl (C=O) groups excluding carboxylic acids is 3. The number of ether oxygens (including phenoxy) is 2. The molecule has 0 unspecified atom stereocenters. The van der Waals surface area contributed by atoms with E-state index in [0.717, 1.165) is 0 Å². The molecule has 8 nitrogen and oxygen atoms in total. The predicted molar refractivity (Wildman–Crippen MR) is 89.5 cm³/mol. The first-order valence-corrected chi connectivity index (χ1v) is 7.84. The minimum atomic E-state index is -1.89. The lowest BCUT2D eigenvalue weighted by Crippen LogP contribution is -2.46. The number of carbonyl (C=O) groups is 3. The lowest BCUT2D eigenvalue weighted by Gasteiger charge is -2.28. The van der Waals surface area contributed by atoms with E-state index >= 15 is 0 Å². The van der Waals surface area contributed by atoms with Gasteiger partial charge in [-0.1, -0.05) is 24.3 Å². The zero-order valence-electron chi connectivity index (χ0n) is 14.2. The highest BCUT2D eigenvalue weighted by Crippen LogP contribution is 2.31. The third-order valence-corrected chi connectivity index (χ3v) is 3.59. The molecule has 0 saturated heterocycles. The molecule has 1 amide bonds. The molecule has 1 aromatic carbocycles. The van der Waals surface area contributed by atoms with E-state index < -0.39 is 36.8 Å². The largest absolute Gasteiger partial charge is 0.488 e. The van der Waals surface area contributed by atoms with Crippen LogP contribution in [-0.2, 0) is 30.3 Å². The lowest BCUT2D eigenvalue weighted by atomic mass is 9.76. The minimum Gasteiger partial charge on any atom is -0.465 e. The summed E-state index contributed by atoms with van der Waals surface area (Å²) in [6.07, 6.45) is -0.732. The maximum absolute atomic E-state index is 12.5. The summed E-state index contributed by atoms with van der Waals surface area (Å²) in [7, 11) is -1.64. The topological polar surface area (TPSA) is 136 Å². The average molecular weight is 351 g/mol. The molecule has 1 rings (SSSR count). The minimum absolute atomic E-state index is 0.0222. The van der Waals surface area contributed by atoms with Crippen LogP contribution in [0.2, 0.25) is 0 Å². The molecule has 136 valence electrons. The van der Waals surface area contributed by atoms with E-state index in [9.17, 15) is 14.4 Å². The Bertz CT molecular complexity index is 597. The molecular weight excluding hydrogens is 329 g/mol. The van der Waals surface area contributed by atoms with Crippen LogP contribution in [0.25, 0.3) is 0 Å². The number of rotatable bonds is 9. The highest BCUT2D eigenvalue weighted by Gasteiger charge is 2.50. The Labute approximate surface area is 146 Å². The van der Waals surface area contributed by atoms with Crippen molar-refractivity contribution >= 4 is 30.4 Å². The maximum Gasteiger partial charge on any atom is 0.488 e. The summed E-state index contributed by atoms with van der Waals surface area (Å²) in [5.41, 5.74) is 4.10. The van der Waals surface area contributed by atoms with Crippen LogP contribution in [0.1, 0.15) is 25.8 Å². The van der Waals surface area contributed by atoms with Gasteiger partial charge in [0.05, 0.1) is 19.6 Å². The van der Waals surface area contributed by atoms with Gasteiger partial charge in [-0.3, -0.25) is 14.4 Å². The van der Waals surface area contributed by atoms with Gasteiger partial charge in [0.2, 0.25) is 5.91 Å². The fraction of sp³-hybridized carbons (Fsp3) is 0.438. The van der Waals surface area contributed by atoms with Crippen molar-refractivity contribution in [3.8, 4) is 0 Å². The molecule has 0 fully saturated rings. The third kappa shape index (κ3) is 5.30. The van der Waals surface area contributed by atoms with Gasteiger partial charge >= 0.3 is 19.1 Å². The van der Waals surface area contributed by atoms with Crippen molar-refractivity contribution < 1.29 is 33.9 Å². The molecule has 9 heteroatoms. The summed E-state index contributed by atoms with van der Waals surface area (Å²) in [5.74, 6) is -2.62. The van der Waals surface area contributed by atoms with E-state index in [-0.39, 0.29) is 25.1 Å². The quantitative estimate of drug-likeness (QED) is 0.292. The summed E-state index contributed by atoms with van der Waals surface area (Å²) >= 11 is 0. The second-order valence-corrected chi connectivity index (χ2v) is 5.46. The second kappa shape index (κ2) is 9.19. The van der Waals surface area contributed by atoms with Crippen LogP contribution in [0.4, 0.5) is 0 Å². The monoisotopic (exact) mass is 351 g/mol. The van der Waals surface area contributed by atoms with Crippen molar-refractivity contribution in [1.82, 2.24) is 0 Å².